The van der Waals surface area contributed by atoms with Crippen LogP contribution in [0.25, 0.3) is 0 Å². The molecule has 2 radical (unpaired) electrons. The maximum absolute atomic E-state index is 5.04. The molecule has 0 N–H and O–H groups in total. The van der Waals surface area contributed by atoms with Gasteiger partial charge in [-0.05, 0) is 0 Å². The summed E-state index contributed by atoms with van der Waals surface area (Å²) >= 11 is 0. The minimum atomic E-state index is 0.123. The molecule has 0 amide bonds. The monoisotopic (exact) mass is 96.0 g/mol. The third kappa shape index (κ3) is 0.765. The van der Waals surface area contributed by atoms with Crippen molar-refractivity contribution in [3.8, 4) is 0 Å². The highest BCUT2D eigenvalue weighted by Gasteiger charge is 1.90. The zero-order valence-electron chi connectivity index (χ0n) is 3.88. The smallest absolute Gasteiger partial charge is 0.221 e. The van der Waals surface area contributed by atoms with Gasteiger partial charge in [0.2, 0.25) is 11.8 Å². The van der Waals surface area contributed by atoms with E-state index in [4.69, 9.17) is 6.92 Å². The van der Waals surface area contributed by atoms with E-state index in [2.05, 4.69) is 14.6 Å². The third-order valence-electron chi connectivity index (χ3n) is 0.542. The first-order chi connectivity index (χ1) is 3.29. The van der Waals surface area contributed by atoms with Crippen LogP contribution in [0.3, 0.4) is 0 Å². The van der Waals surface area contributed by atoms with E-state index in [9.17, 15) is 0 Å². The normalized spacial score (nSPS) is 9.43. The molecule has 0 fully saturated rings. The molecule has 1 rings (SSSR count). The number of rotatable bonds is 0. The van der Waals surface area contributed by atoms with Crippen molar-refractivity contribution in [2.75, 3.05) is 0 Å². The van der Waals surface area contributed by atoms with E-state index >= 15 is 0 Å². The van der Waals surface area contributed by atoms with E-state index in [0.29, 0.717) is 5.89 Å². The number of aromatic nitrogens is 2. The first-order valence-electron chi connectivity index (χ1n) is 1.84. The van der Waals surface area contributed by atoms with E-state index in [1.165, 1.54) is 0 Å². The van der Waals surface area contributed by atoms with Crippen molar-refractivity contribution in [1.29, 1.82) is 0 Å². The Kier molecular flexibility index (Phi) is 0.817. The SMILES string of the molecule is [CH]c1nnc(C)o1. The summed E-state index contributed by atoms with van der Waals surface area (Å²) in [6.07, 6.45) is 0. The van der Waals surface area contributed by atoms with Crippen molar-refractivity contribution in [2.45, 2.75) is 6.92 Å². The van der Waals surface area contributed by atoms with Crippen LogP contribution in [0.15, 0.2) is 4.42 Å². The Morgan fingerprint density at radius 1 is 1.57 bits per heavy atom. The molecule has 0 aromatic carbocycles. The second-order valence-electron chi connectivity index (χ2n) is 1.16. The molecule has 1 heterocycles. The Balaban J connectivity index is 3.04. The van der Waals surface area contributed by atoms with Crippen LogP contribution in [0, 0.1) is 13.8 Å². The van der Waals surface area contributed by atoms with Crippen molar-refractivity contribution in [1.82, 2.24) is 10.2 Å². The highest BCUT2D eigenvalue weighted by Crippen LogP contribution is 1.92. The molecular weight excluding hydrogens is 92.1 g/mol. The fourth-order valence-electron chi connectivity index (χ4n) is 0.312. The van der Waals surface area contributed by atoms with E-state index in [1.54, 1.807) is 6.92 Å². The molecule has 7 heavy (non-hydrogen) atoms. The molecule has 0 aliphatic carbocycles. The second kappa shape index (κ2) is 1.33. The fraction of sp³-hybridized carbons (Fsp3) is 0.250. The van der Waals surface area contributed by atoms with Gasteiger partial charge in [0.1, 0.15) is 0 Å². The van der Waals surface area contributed by atoms with Crippen molar-refractivity contribution < 1.29 is 4.42 Å². The Morgan fingerprint density at radius 2 is 2.29 bits per heavy atom. The molecule has 1 aromatic heterocycles. The fourth-order valence-corrected chi connectivity index (χ4v) is 0.312. The molecular formula is C4H4N2O. The van der Waals surface area contributed by atoms with Crippen molar-refractivity contribution >= 4 is 0 Å². The molecule has 0 spiro atoms. The number of hydrogen-bond donors (Lipinski definition) is 0. The van der Waals surface area contributed by atoms with Gasteiger partial charge in [0.25, 0.3) is 0 Å². The van der Waals surface area contributed by atoms with Crippen LogP contribution in [-0.4, -0.2) is 10.2 Å². The lowest BCUT2D eigenvalue weighted by atomic mass is 10.8. The summed E-state index contributed by atoms with van der Waals surface area (Å²) in [6.45, 7) is 6.72. The van der Waals surface area contributed by atoms with Crippen molar-refractivity contribution in [3.63, 3.8) is 0 Å². The van der Waals surface area contributed by atoms with Crippen LogP contribution in [0.1, 0.15) is 11.8 Å². The van der Waals surface area contributed by atoms with E-state index < -0.39 is 0 Å². The first kappa shape index (κ1) is 4.30. The van der Waals surface area contributed by atoms with E-state index in [0.717, 1.165) is 0 Å². The Bertz CT molecular complexity index is 142. The Hall–Kier alpha value is -0.860. The van der Waals surface area contributed by atoms with Crippen LogP contribution in [0.2, 0.25) is 0 Å². The molecule has 3 heteroatoms. The number of nitrogens with zero attached hydrogens (tertiary/aromatic N) is 2. The zero-order chi connectivity index (χ0) is 5.28. The topological polar surface area (TPSA) is 38.9 Å². The predicted octanol–water partition coefficient (Wildman–Crippen LogP) is 0.437. The average Bonchev–Trinajstić information content (AvgIpc) is 1.87. The van der Waals surface area contributed by atoms with Gasteiger partial charge in [0.15, 0.2) is 0 Å². The van der Waals surface area contributed by atoms with Gasteiger partial charge < -0.3 is 4.42 Å². The molecule has 0 aliphatic heterocycles. The van der Waals surface area contributed by atoms with Gasteiger partial charge in [-0.1, -0.05) is 0 Å². The molecule has 1 aromatic rings. The summed E-state index contributed by atoms with van der Waals surface area (Å²) in [4.78, 5) is 0. The summed E-state index contributed by atoms with van der Waals surface area (Å²) in [7, 11) is 0. The maximum Gasteiger partial charge on any atom is 0.221 e. The van der Waals surface area contributed by atoms with Gasteiger partial charge in [-0.25, -0.2) is 0 Å². The van der Waals surface area contributed by atoms with Gasteiger partial charge in [0, 0.05) is 6.92 Å². The van der Waals surface area contributed by atoms with E-state index in [-0.39, 0.29) is 5.89 Å². The number of aryl methyl sites for hydroxylation is 1. The van der Waals surface area contributed by atoms with Gasteiger partial charge in [-0.3, -0.25) is 0 Å². The molecule has 0 aliphatic rings. The van der Waals surface area contributed by atoms with Crippen LogP contribution in [0.4, 0.5) is 0 Å². The Labute approximate surface area is 41.4 Å². The molecule has 0 saturated heterocycles. The lowest BCUT2D eigenvalue weighted by Crippen LogP contribution is -1.68. The molecule has 36 valence electrons. The Morgan fingerprint density at radius 3 is 2.43 bits per heavy atom. The third-order valence-corrected chi connectivity index (χ3v) is 0.542. The molecule has 0 bridgehead atoms. The quantitative estimate of drug-likeness (QED) is 0.470. The molecule has 0 unspecified atom stereocenters. The van der Waals surface area contributed by atoms with Gasteiger partial charge in [0.05, 0.1) is 6.92 Å². The lowest BCUT2D eigenvalue weighted by Gasteiger charge is -1.69. The van der Waals surface area contributed by atoms with Crippen molar-refractivity contribution in [2.24, 2.45) is 0 Å². The summed E-state index contributed by atoms with van der Waals surface area (Å²) < 4.78 is 4.64. The van der Waals surface area contributed by atoms with Crippen molar-refractivity contribution in [3.05, 3.63) is 18.7 Å². The highest BCUT2D eigenvalue weighted by atomic mass is 16.4. The van der Waals surface area contributed by atoms with E-state index in [1.807, 2.05) is 0 Å². The van der Waals surface area contributed by atoms with Gasteiger partial charge in [-0.2, -0.15) is 0 Å². The molecule has 3 nitrogen and oxygen atoms in total. The average molecular weight is 96.1 g/mol. The first-order valence-corrected chi connectivity index (χ1v) is 1.84. The minimum Gasteiger partial charge on any atom is -0.425 e. The predicted molar refractivity (Wildman–Crippen MR) is 22.4 cm³/mol. The summed E-state index contributed by atoms with van der Waals surface area (Å²) in [5.74, 6) is 0.620. The highest BCUT2D eigenvalue weighted by molar-refractivity contribution is 4.80. The van der Waals surface area contributed by atoms with Gasteiger partial charge >= 0.3 is 0 Å². The molecule has 0 atom stereocenters. The van der Waals surface area contributed by atoms with Crippen LogP contribution in [-0.2, 0) is 0 Å². The van der Waals surface area contributed by atoms with Crippen LogP contribution >= 0.6 is 0 Å². The summed E-state index contributed by atoms with van der Waals surface area (Å²) in [6, 6.07) is 0. The van der Waals surface area contributed by atoms with Crippen LogP contribution in [0.5, 0.6) is 0 Å². The second-order valence-corrected chi connectivity index (χ2v) is 1.16. The largest absolute Gasteiger partial charge is 0.425 e. The lowest BCUT2D eigenvalue weighted by molar-refractivity contribution is 0.502. The summed E-state index contributed by atoms with van der Waals surface area (Å²) in [5.41, 5.74) is 0. The standard InChI is InChI=1S/C4H4N2O/c1-3-5-6-4(2)7-3/h1H,2H3. The molecule has 0 saturated carbocycles. The minimum absolute atomic E-state index is 0.123. The van der Waals surface area contributed by atoms with Crippen LogP contribution < -0.4 is 0 Å². The zero-order valence-corrected chi connectivity index (χ0v) is 3.88. The maximum atomic E-state index is 5.04. The summed E-state index contributed by atoms with van der Waals surface area (Å²) in [5, 5.41) is 6.85. The number of hydrogen-bond acceptors (Lipinski definition) is 3. The van der Waals surface area contributed by atoms with Gasteiger partial charge in [-0.15, -0.1) is 10.2 Å².